The lowest BCUT2D eigenvalue weighted by atomic mass is 10.2. The minimum absolute atomic E-state index is 0.0965. The van der Waals surface area contributed by atoms with E-state index < -0.39 is 11.8 Å². The molecule has 1 fully saturated rings. The van der Waals surface area contributed by atoms with Crippen LogP contribution in [-0.4, -0.2) is 45.4 Å². The van der Waals surface area contributed by atoms with Crippen molar-refractivity contribution >= 4 is 28.8 Å². The lowest BCUT2D eigenvalue weighted by Gasteiger charge is -2.14. The Bertz CT molecular complexity index is 895. The maximum absolute atomic E-state index is 13.1. The van der Waals surface area contributed by atoms with E-state index in [1.54, 1.807) is 25.1 Å². The van der Waals surface area contributed by atoms with Gasteiger partial charge in [-0.05, 0) is 44.2 Å². The number of halogens is 1. The summed E-state index contributed by atoms with van der Waals surface area (Å²) in [7, 11) is 0. The number of hydrogen-bond donors (Lipinski definition) is 2. The van der Waals surface area contributed by atoms with E-state index in [1.165, 1.54) is 28.8 Å². The Labute approximate surface area is 159 Å². The van der Waals surface area contributed by atoms with Crippen molar-refractivity contribution in [1.82, 2.24) is 20.3 Å². The van der Waals surface area contributed by atoms with Gasteiger partial charge in [0.15, 0.2) is 0 Å². The number of hydrazine groups is 1. The van der Waals surface area contributed by atoms with E-state index >= 15 is 0 Å². The minimum atomic E-state index is -0.466. The summed E-state index contributed by atoms with van der Waals surface area (Å²) in [5.41, 5.74) is 7.30. The minimum Gasteiger partial charge on any atom is -0.323 e. The van der Waals surface area contributed by atoms with E-state index in [0.717, 1.165) is 11.4 Å². The van der Waals surface area contributed by atoms with Crippen molar-refractivity contribution in [1.29, 1.82) is 0 Å². The average molecular weight is 390 g/mol. The van der Waals surface area contributed by atoms with Crippen LogP contribution in [0.2, 0.25) is 0 Å². The number of hydrogen-bond acceptors (Lipinski definition) is 4. The van der Waals surface area contributed by atoms with Crippen LogP contribution in [0.5, 0.6) is 0 Å². The van der Waals surface area contributed by atoms with E-state index in [-0.39, 0.29) is 17.6 Å². The number of aromatic nitrogens is 1. The zero-order valence-corrected chi connectivity index (χ0v) is 15.7. The molecule has 7 nitrogen and oxygen atoms in total. The number of amides is 3. The molecular formula is C18H19FN4O3S. The quantitative estimate of drug-likeness (QED) is 0.784. The summed E-state index contributed by atoms with van der Waals surface area (Å²) in [6.07, 6.45) is 0. The predicted molar refractivity (Wildman–Crippen MR) is 100 cm³/mol. The van der Waals surface area contributed by atoms with Gasteiger partial charge in [0.05, 0.1) is 5.56 Å². The topological polar surface area (TPSA) is 83.4 Å². The Morgan fingerprint density at radius 1 is 1.19 bits per heavy atom. The lowest BCUT2D eigenvalue weighted by Crippen LogP contribution is -2.46. The van der Waals surface area contributed by atoms with Crippen molar-refractivity contribution in [3.05, 3.63) is 53.1 Å². The van der Waals surface area contributed by atoms with Gasteiger partial charge in [0.2, 0.25) is 0 Å². The number of nitrogens with zero attached hydrogens (tertiary/aromatic N) is 2. The first-order valence-electron chi connectivity index (χ1n) is 8.32. The van der Waals surface area contributed by atoms with Gasteiger partial charge in [-0.2, -0.15) is 0 Å². The summed E-state index contributed by atoms with van der Waals surface area (Å²) >= 11 is 1.17. The summed E-state index contributed by atoms with van der Waals surface area (Å²) in [6, 6.07) is 7.66. The number of nitrogens with one attached hydrogen (secondary N) is 2. The van der Waals surface area contributed by atoms with Gasteiger partial charge in [0.1, 0.15) is 12.4 Å². The molecule has 0 radical (unpaired) electrons. The molecule has 0 bridgehead atoms. The Morgan fingerprint density at radius 3 is 2.52 bits per heavy atom. The summed E-state index contributed by atoms with van der Waals surface area (Å²) in [5.74, 6) is -0.608. The van der Waals surface area contributed by atoms with Crippen LogP contribution in [0.15, 0.2) is 30.3 Å². The number of rotatable bonds is 4. The smallest absolute Gasteiger partial charge is 0.282 e. The van der Waals surface area contributed by atoms with Crippen LogP contribution >= 0.6 is 11.8 Å². The van der Waals surface area contributed by atoms with Gasteiger partial charge in [-0.3, -0.25) is 25.2 Å². The van der Waals surface area contributed by atoms with Crippen molar-refractivity contribution in [3.63, 3.8) is 0 Å². The zero-order chi connectivity index (χ0) is 19.6. The molecular weight excluding hydrogens is 371 g/mol. The molecule has 1 aromatic heterocycles. The fourth-order valence-electron chi connectivity index (χ4n) is 2.96. The molecule has 27 heavy (non-hydrogen) atoms. The SMILES string of the molecule is Cc1cc(C(=O)NNC(=O)CN2CCSC2=O)c(C)n1-c1ccc(F)cc1. The molecule has 0 unspecified atom stereocenters. The highest BCUT2D eigenvalue weighted by Crippen LogP contribution is 2.21. The Morgan fingerprint density at radius 2 is 1.89 bits per heavy atom. The molecule has 1 saturated heterocycles. The van der Waals surface area contributed by atoms with Crippen LogP contribution in [0.1, 0.15) is 21.7 Å². The van der Waals surface area contributed by atoms with Crippen molar-refractivity contribution in [2.45, 2.75) is 13.8 Å². The summed E-state index contributed by atoms with van der Waals surface area (Å²) in [4.78, 5) is 37.3. The van der Waals surface area contributed by atoms with Gasteiger partial charge >= 0.3 is 0 Å². The Balaban J connectivity index is 1.66. The molecule has 3 amide bonds. The van der Waals surface area contributed by atoms with E-state index in [1.807, 2.05) is 11.5 Å². The second-order valence-corrected chi connectivity index (χ2v) is 7.18. The Hall–Kier alpha value is -2.81. The van der Waals surface area contributed by atoms with Crippen LogP contribution in [0, 0.1) is 19.7 Å². The molecule has 1 aromatic carbocycles. The number of carbonyl (C=O) groups excluding carboxylic acids is 3. The van der Waals surface area contributed by atoms with Crippen LogP contribution < -0.4 is 10.9 Å². The maximum Gasteiger partial charge on any atom is 0.282 e. The van der Waals surface area contributed by atoms with E-state index in [0.29, 0.717) is 23.6 Å². The number of aryl methyl sites for hydroxylation is 1. The monoisotopic (exact) mass is 390 g/mol. The van der Waals surface area contributed by atoms with Gasteiger partial charge in [-0.1, -0.05) is 11.8 Å². The van der Waals surface area contributed by atoms with Crippen LogP contribution in [0.4, 0.5) is 9.18 Å². The highest BCUT2D eigenvalue weighted by Gasteiger charge is 2.23. The van der Waals surface area contributed by atoms with Crippen LogP contribution in [-0.2, 0) is 4.79 Å². The second-order valence-electron chi connectivity index (χ2n) is 6.13. The van der Waals surface area contributed by atoms with Crippen molar-refractivity contribution in [2.75, 3.05) is 18.8 Å². The molecule has 0 spiro atoms. The van der Waals surface area contributed by atoms with Crippen molar-refractivity contribution < 1.29 is 18.8 Å². The molecule has 1 aliphatic rings. The predicted octanol–water partition coefficient (Wildman–Crippen LogP) is 2.16. The molecule has 2 heterocycles. The van der Waals surface area contributed by atoms with Gasteiger partial charge in [-0.25, -0.2) is 4.39 Å². The normalized spacial score (nSPS) is 13.7. The summed E-state index contributed by atoms with van der Waals surface area (Å²) < 4.78 is 15.0. The lowest BCUT2D eigenvalue weighted by molar-refractivity contribution is -0.122. The average Bonchev–Trinajstić information content (AvgIpc) is 3.17. The first-order chi connectivity index (χ1) is 12.9. The zero-order valence-electron chi connectivity index (χ0n) is 14.9. The molecule has 142 valence electrons. The van der Waals surface area contributed by atoms with Gasteiger partial charge in [0, 0.05) is 29.4 Å². The third-order valence-corrected chi connectivity index (χ3v) is 5.15. The highest BCUT2D eigenvalue weighted by atomic mass is 32.2. The van der Waals surface area contributed by atoms with Gasteiger partial charge < -0.3 is 9.47 Å². The fourth-order valence-corrected chi connectivity index (χ4v) is 3.78. The number of benzene rings is 1. The molecule has 2 N–H and O–H groups in total. The Kier molecular flexibility index (Phi) is 5.50. The second kappa shape index (κ2) is 7.83. The van der Waals surface area contributed by atoms with Crippen molar-refractivity contribution in [2.24, 2.45) is 0 Å². The van der Waals surface area contributed by atoms with Crippen LogP contribution in [0.3, 0.4) is 0 Å². The highest BCUT2D eigenvalue weighted by molar-refractivity contribution is 8.13. The fraction of sp³-hybridized carbons (Fsp3) is 0.278. The molecule has 1 aliphatic heterocycles. The van der Waals surface area contributed by atoms with Gasteiger partial charge in [-0.15, -0.1) is 0 Å². The molecule has 0 saturated carbocycles. The first kappa shape index (κ1) is 19.0. The van der Waals surface area contributed by atoms with E-state index in [9.17, 15) is 18.8 Å². The van der Waals surface area contributed by atoms with Crippen LogP contribution in [0.25, 0.3) is 5.69 Å². The molecule has 9 heteroatoms. The third-order valence-electron chi connectivity index (χ3n) is 4.26. The van der Waals surface area contributed by atoms with E-state index in [4.69, 9.17) is 0 Å². The number of carbonyl (C=O) groups is 3. The van der Waals surface area contributed by atoms with Crippen molar-refractivity contribution in [3.8, 4) is 5.69 Å². The van der Waals surface area contributed by atoms with Gasteiger partial charge in [0.25, 0.3) is 17.1 Å². The third kappa shape index (κ3) is 4.13. The molecule has 0 aliphatic carbocycles. The summed E-state index contributed by atoms with van der Waals surface area (Å²) in [6.45, 7) is 4.03. The summed E-state index contributed by atoms with van der Waals surface area (Å²) in [5, 5.41) is -0.140. The maximum atomic E-state index is 13.1. The standard InChI is InChI=1S/C18H19FN4O3S/c1-11-9-15(12(2)23(11)14-5-3-13(19)4-6-14)17(25)21-20-16(24)10-22-7-8-27-18(22)26/h3-6,9H,7-8,10H2,1-2H3,(H,20,24)(H,21,25). The molecule has 2 aromatic rings. The van der Waals surface area contributed by atoms with E-state index in [2.05, 4.69) is 10.9 Å². The number of thioether (sulfide) groups is 1. The largest absolute Gasteiger partial charge is 0.323 e. The molecule has 0 atom stereocenters. The molecule has 3 rings (SSSR count). The first-order valence-corrected chi connectivity index (χ1v) is 9.31.